The number of hydrogen-bond donors (Lipinski definition) is 1. The van der Waals surface area contributed by atoms with E-state index in [4.69, 9.17) is 4.43 Å². The molecule has 4 heteroatoms. The molecule has 0 saturated heterocycles. The first-order valence-electron chi connectivity index (χ1n) is 15.0. The molecule has 1 heterocycles. The van der Waals surface area contributed by atoms with E-state index in [1.54, 1.807) is 0 Å². The Hall–Kier alpha value is -0.713. The van der Waals surface area contributed by atoms with Crippen LogP contribution >= 0.6 is 0 Å². The molecule has 0 aliphatic heterocycles. The Balaban J connectivity index is 1.32. The Morgan fingerprint density at radius 1 is 0.944 bits per heavy atom. The summed E-state index contributed by atoms with van der Waals surface area (Å²) in [6, 6.07) is 4.05. The van der Waals surface area contributed by atoms with Gasteiger partial charge in [-0.3, -0.25) is 4.98 Å². The van der Waals surface area contributed by atoms with Crippen LogP contribution < -0.4 is 0 Å². The van der Waals surface area contributed by atoms with Crippen molar-refractivity contribution in [3.05, 3.63) is 30.1 Å². The van der Waals surface area contributed by atoms with Crippen LogP contribution in [0.25, 0.3) is 0 Å². The maximum atomic E-state index is 11.9. The second-order valence-corrected chi connectivity index (χ2v) is 20.3. The predicted molar refractivity (Wildman–Crippen MR) is 151 cm³/mol. The van der Waals surface area contributed by atoms with E-state index in [1.807, 2.05) is 18.5 Å². The quantitative estimate of drug-likeness (QED) is 0.413. The fourth-order valence-corrected chi connectivity index (χ4v) is 11.1. The van der Waals surface area contributed by atoms with Gasteiger partial charge in [0.1, 0.15) is 0 Å². The molecule has 0 bridgehead atoms. The van der Waals surface area contributed by atoms with Crippen LogP contribution in [0.15, 0.2) is 24.5 Å². The lowest BCUT2D eigenvalue weighted by Crippen LogP contribution is -2.56. The van der Waals surface area contributed by atoms with Gasteiger partial charge in [-0.05, 0) is 129 Å². The molecule has 5 rings (SSSR count). The van der Waals surface area contributed by atoms with Crippen molar-refractivity contribution in [1.82, 2.24) is 4.98 Å². The van der Waals surface area contributed by atoms with Crippen LogP contribution in [0.5, 0.6) is 0 Å². The van der Waals surface area contributed by atoms with E-state index in [-0.39, 0.29) is 10.5 Å². The van der Waals surface area contributed by atoms with Gasteiger partial charge in [-0.1, -0.05) is 40.7 Å². The van der Waals surface area contributed by atoms with Crippen molar-refractivity contribution in [3.8, 4) is 0 Å². The molecule has 0 aromatic carbocycles. The lowest BCUT2D eigenvalue weighted by Gasteiger charge is -2.62. The molecule has 3 nitrogen and oxygen atoms in total. The second-order valence-electron chi connectivity index (χ2n) is 15.5. The Morgan fingerprint density at radius 3 is 2.31 bits per heavy atom. The lowest BCUT2D eigenvalue weighted by atomic mass is 9.44. The van der Waals surface area contributed by atoms with Gasteiger partial charge in [0.05, 0.1) is 5.60 Å². The summed E-state index contributed by atoms with van der Waals surface area (Å²) in [5.41, 5.74) is 0.897. The molecule has 0 radical (unpaired) electrons. The molecule has 1 aromatic rings. The van der Waals surface area contributed by atoms with Crippen molar-refractivity contribution >= 4 is 8.32 Å². The average molecular weight is 512 g/mol. The molecular formula is C32H53NO2Si. The molecule has 4 aliphatic rings. The van der Waals surface area contributed by atoms with Gasteiger partial charge in [0.2, 0.25) is 0 Å². The van der Waals surface area contributed by atoms with Crippen molar-refractivity contribution in [2.45, 2.75) is 129 Å². The topological polar surface area (TPSA) is 42.4 Å². The highest BCUT2D eigenvalue weighted by atomic mass is 28.4. The molecule has 0 amide bonds. The third-order valence-electron chi connectivity index (χ3n) is 12.8. The van der Waals surface area contributed by atoms with Crippen molar-refractivity contribution < 1.29 is 9.53 Å². The first kappa shape index (κ1) is 26.9. The smallest absolute Gasteiger partial charge is 0.192 e. The summed E-state index contributed by atoms with van der Waals surface area (Å²) >= 11 is 0. The fraction of sp³-hybridized carbons (Fsp3) is 0.844. The summed E-state index contributed by atoms with van der Waals surface area (Å²) in [5.74, 6) is 3.58. The molecule has 1 unspecified atom stereocenters. The molecule has 9 atom stereocenters. The second kappa shape index (κ2) is 8.91. The minimum Gasteiger partial charge on any atom is -0.414 e. The standard InChI is InChI=1S/C32H53NO2Si/c1-29(2,3)36(7,8)35-24-15-17-30(4)22(20-24)11-12-25-26-13-14-28(31(26,5)18-16-27(25)30)32(6,34)23-10-9-19-33-21-23/h9-10,19,21-22,24-28,34H,11-18,20H2,1-8H3/t22-,24-,25-,26-,27-,28-,30-,31-,32?/m0/s1. The van der Waals surface area contributed by atoms with Gasteiger partial charge >= 0.3 is 0 Å². The van der Waals surface area contributed by atoms with Crippen LogP contribution in [0.1, 0.15) is 105 Å². The Kier molecular flexibility index (Phi) is 6.65. The first-order valence-corrected chi connectivity index (χ1v) is 17.9. The number of aromatic nitrogens is 1. The van der Waals surface area contributed by atoms with Gasteiger partial charge in [0, 0.05) is 24.1 Å². The molecule has 4 aliphatic carbocycles. The summed E-state index contributed by atoms with van der Waals surface area (Å²) in [4.78, 5) is 4.34. The van der Waals surface area contributed by atoms with Gasteiger partial charge in [0.25, 0.3) is 0 Å². The number of aliphatic hydroxyl groups is 1. The lowest BCUT2D eigenvalue weighted by molar-refractivity contribution is -0.144. The van der Waals surface area contributed by atoms with Crippen molar-refractivity contribution in [1.29, 1.82) is 0 Å². The number of nitrogens with zero attached hydrogens (tertiary/aromatic N) is 1. The van der Waals surface area contributed by atoms with E-state index >= 15 is 0 Å². The Labute approximate surface area is 222 Å². The third-order valence-corrected chi connectivity index (χ3v) is 17.3. The monoisotopic (exact) mass is 511 g/mol. The highest BCUT2D eigenvalue weighted by molar-refractivity contribution is 6.74. The molecule has 4 fully saturated rings. The highest BCUT2D eigenvalue weighted by Crippen LogP contribution is 2.69. The average Bonchev–Trinajstić information content (AvgIpc) is 3.17. The van der Waals surface area contributed by atoms with E-state index < -0.39 is 13.9 Å². The van der Waals surface area contributed by atoms with Crippen LogP contribution in [0, 0.1) is 40.4 Å². The minimum absolute atomic E-state index is 0.229. The highest BCUT2D eigenvalue weighted by Gasteiger charge is 2.63. The molecule has 1 aromatic heterocycles. The van der Waals surface area contributed by atoms with Crippen molar-refractivity contribution in [3.63, 3.8) is 0 Å². The zero-order valence-electron chi connectivity index (χ0n) is 24.4. The first-order chi connectivity index (χ1) is 16.7. The van der Waals surface area contributed by atoms with Crippen LogP contribution in [-0.4, -0.2) is 24.5 Å². The molecule has 4 saturated carbocycles. The van der Waals surface area contributed by atoms with Gasteiger partial charge in [-0.2, -0.15) is 0 Å². The van der Waals surface area contributed by atoms with Crippen LogP contribution in [0.3, 0.4) is 0 Å². The summed E-state index contributed by atoms with van der Waals surface area (Å²) in [6.45, 7) is 19.2. The van der Waals surface area contributed by atoms with Crippen LogP contribution in [0.2, 0.25) is 18.1 Å². The maximum Gasteiger partial charge on any atom is 0.192 e. The number of pyridine rings is 1. The van der Waals surface area contributed by atoms with Crippen molar-refractivity contribution in [2.75, 3.05) is 0 Å². The van der Waals surface area contributed by atoms with E-state index in [0.717, 1.165) is 35.7 Å². The summed E-state index contributed by atoms with van der Waals surface area (Å²) in [7, 11) is -1.72. The Bertz CT molecular complexity index is 939. The molecule has 202 valence electrons. The number of fused-ring (bicyclic) bond motifs is 5. The summed E-state index contributed by atoms with van der Waals surface area (Å²) < 4.78 is 6.96. The molecule has 0 spiro atoms. The molecule has 36 heavy (non-hydrogen) atoms. The van der Waals surface area contributed by atoms with Gasteiger partial charge in [-0.15, -0.1) is 0 Å². The zero-order chi connectivity index (χ0) is 26.1. The maximum absolute atomic E-state index is 11.9. The van der Waals surface area contributed by atoms with Gasteiger partial charge < -0.3 is 9.53 Å². The van der Waals surface area contributed by atoms with Gasteiger partial charge in [0.15, 0.2) is 8.32 Å². The van der Waals surface area contributed by atoms with Crippen molar-refractivity contribution in [2.24, 2.45) is 40.4 Å². The SMILES string of the molecule is CC(O)(c1cccnc1)[C@H]1CC[C@H]2[C@@H]3CC[C@H]4C[C@@H](O[Si](C)(C)C(C)(C)C)CC[C@]4(C)[C@H]3CC[C@]12C. The zero-order valence-corrected chi connectivity index (χ0v) is 25.4. The molecule has 1 N–H and O–H groups in total. The normalized spacial score (nSPS) is 42.7. The molecular weight excluding hydrogens is 458 g/mol. The Morgan fingerprint density at radius 2 is 1.64 bits per heavy atom. The van der Waals surface area contributed by atoms with E-state index in [9.17, 15) is 5.11 Å². The summed E-state index contributed by atoms with van der Waals surface area (Å²) in [5, 5.41) is 12.1. The van der Waals surface area contributed by atoms with Gasteiger partial charge in [-0.25, -0.2) is 0 Å². The predicted octanol–water partition coefficient (Wildman–Crippen LogP) is 8.34. The number of rotatable bonds is 4. The number of hydrogen-bond acceptors (Lipinski definition) is 3. The van der Waals surface area contributed by atoms with E-state index in [1.165, 1.54) is 51.4 Å². The minimum atomic E-state index is -1.72. The van der Waals surface area contributed by atoms with Crippen LogP contribution in [-0.2, 0) is 10.0 Å². The third kappa shape index (κ3) is 4.16. The fourth-order valence-electron chi connectivity index (χ4n) is 9.71. The largest absolute Gasteiger partial charge is 0.414 e. The van der Waals surface area contributed by atoms with Crippen LogP contribution in [0.4, 0.5) is 0 Å². The van der Waals surface area contributed by atoms with E-state index in [0.29, 0.717) is 17.4 Å². The summed E-state index contributed by atoms with van der Waals surface area (Å²) in [6.07, 6.45) is 15.9. The van der Waals surface area contributed by atoms with E-state index in [2.05, 4.69) is 65.7 Å².